The van der Waals surface area contributed by atoms with Gasteiger partial charge in [0.05, 0.1) is 98.3 Å². The Morgan fingerprint density at radius 1 is 0.265 bits per heavy atom. The number of carbonyl (C=O) groups excluding carboxylic acids is 4. The van der Waals surface area contributed by atoms with Crippen LogP contribution in [0.1, 0.15) is 50.6 Å². The first-order valence-electron chi connectivity index (χ1n) is 38.9. The van der Waals surface area contributed by atoms with Crippen molar-refractivity contribution >= 4 is 90.5 Å². The molecule has 16 rings (SSSR count). The second-order valence-electron chi connectivity index (χ2n) is 29.3. The number of benzene rings is 8. The number of ether oxygens (including phenoxy) is 4. The van der Waals surface area contributed by atoms with E-state index in [9.17, 15) is 36.7 Å². The van der Waals surface area contributed by atoms with Crippen molar-refractivity contribution in [2.75, 3.05) is 153 Å². The Morgan fingerprint density at radius 3 is 0.709 bits per heavy atom. The van der Waals surface area contributed by atoms with Crippen LogP contribution in [-0.4, -0.2) is 216 Å². The molecule has 117 heavy (non-hydrogen) atoms. The van der Waals surface area contributed by atoms with Crippen LogP contribution in [0.5, 0.6) is 23.5 Å². The number of piperazine rings is 4. The number of halogens is 4. The Hall–Kier alpha value is -12.9. The third-order valence-electron chi connectivity index (χ3n) is 20.9. The highest BCUT2D eigenvalue weighted by Gasteiger charge is 2.29. The number of hydrogen-bond donors (Lipinski definition) is 0. The Labute approximate surface area is 676 Å². The topological polar surface area (TPSA) is 234 Å². The summed E-state index contributed by atoms with van der Waals surface area (Å²) in [6.45, 7) is 21.8. The van der Waals surface area contributed by atoms with Gasteiger partial charge in [-0.3, -0.25) is 19.2 Å². The summed E-state index contributed by atoms with van der Waals surface area (Å²) in [7, 11) is 5.98. The maximum absolute atomic E-state index is 13.6. The summed E-state index contributed by atoms with van der Waals surface area (Å²) in [6, 6.07) is 48.5. The lowest BCUT2D eigenvalue weighted by Crippen LogP contribution is -2.49. The van der Waals surface area contributed by atoms with Gasteiger partial charge >= 0.3 is 0 Å². The molecule has 4 saturated heterocycles. The second-order valence-corrected chi connectivity index (χ2v) is 29.3. The standard InChI is InChI=1S/C23H25FN4O2.3C22H23FN4O2/c1-15-10-16(2)12-18(11-15)27-6-8-28(9-7-27)22(29)14-21-23(30-3)26-19-5-4-17(24)13-20(19)25-21;3*1-15-4-3-5-17(12-15)26-8-10-27(11-9-26)21(28)14-20-22(29-2)25-18-7-6-16(23)13-19(18)24-20/h4-5,10-13H,6-9,14H2,1-3H3;3*3-7,12-13H,8-11,14H2,1-2H3. The van der Waals surface area contributed by atoms with Crippen LogP contribution in [0, 0.1) is 57.9 Å². The summed E-state index contributed by atoms with van der Waals surface area (Å²) >= 11 is 0. The van der Waals surface area contributed by atoms with E-state index in [-0.39, 0.29) is 72.6 Å². The highest BCUT2D eigenvalue weighted by atomic mass is 19.1. The van der Waals surface area contributed by atoms with E-state index in [4.69, 9.17) is 18.9 Å². The molecule has 4 fully saturated rings. The van der Waals surface area contributed by atoms with Crippen LogP contribution in [0.3, 0.4) is 0 Å². The van der Waals surface area contributed by atoms with Crippen LogP contribution in [0.25, 0.3) is 44.1 Å². The van der Waals surface area contributed by atoms with Crippen molar-refractivity contribution in [3.05, 3.63) is 238 Å². The van der Waals surface area contributed by atoms with Gasteiger partial charge in [0.2, 0.25) is 47.1 Å². The van der Waals surface area contributed by atoms with Gasteiger partial charge in [-0.25, -0.2) is 57.4 Å². The van der Waals surface area contributed by atoms with E-state index >= 15 is 0 Å². The van der Waals surface area contributed by atoms with Crippen molar-refractivity contribution in [3.8, 4) is 23.5 Å². The van der Waals surface area contributed by atoms with Crippen molar-refractivity contribution in [3.63, 3.8) is 0 Å². The van der Waals surface area contributed by atoms with Gasteiger partial charge in [0, 0.05) is 152 Å². The summed E-state index contributed by atoms with van der Waals surface area (Å²) in [5.41, 5.74) is 16.4. The fourth-order valence-electron chi connectivity index (χ4n) is 14.8. The van der Waals surface area contributed by atoms with Crippen LogP contribution in [0.4, 0.5) is 40.3 Å². The zero-order valence-corrected chi connectivity index (χ0v) is 67.2. The van der Waals surface area contributed by atoms with Crippen LogP contribution in [-0.2, 0) is 44.9 Å². The first-order chi connectivity index (χ1) is 56.5. The number of anilines is 4. The molecule has 8 aromatic carbocycles. The Morgan fingerprint density at radius 2 is 0.487 bits per heavy atom. The first kappa shape index (κ1) is 82.1. The molecule has 0 unspecified atom stereocenters. The molecule has 0 spiro atoms. The normalized spacial score (nSPS) is 14.3. The minimum atomic E-state index is -0.387. The minimum Gasteiger partial charge on any atom is -0.480 e. The van der Waals surface area contributed by atoms with Gasteiger partial charge in [0.15, 0.2) is 0 Å². The van der Waals surface area contributed by atoms with Crippen molar-refractivity contribution in [2.45, 2.75) is 60.3 Å². The van der Waals surface area contributed by atoms with E-state index in [0.29, 0.717) is 143 Å². The predicted molar refractivity (Wildman–Crippen MR) is 444 cm³/mol. The van der Waals surface area contributed by atoms with Crippen LogP contribution < -0.4 is 38.5 Å². The number of aryl methyl sites for hydroxylation is 5. The predicted octanol–water partition coefficient (Wildman–Crippen LogP) is 12.2. The number of nitrogens with zero attached hydrogens (tertiary/aromatic N) is 16. The summed E-state index contributed by atoms with van der Waals surface area (Å²) in [5, 5.41) is 0. The van der Waals surface area contributed by atoms with Gasteiger partial charge in [-0.1, -0.05) is 42.5 Å². The summed E-state index contributed by atoms with van der Waals surface area (Å²) in [6.07, 6.45) is 0.305. The smallest absolute Gasteiger partial charge is 0.236 e. The average Bonchev–Trinajstić information content (AvgIpc) is 0.811. The molecule has 4 amide bonds. The van der Waals surface area contributed by atoms with E-state index in [1.807, 2.05) is 19.6 Å². The molecular weight excluding hydrogens is 1500 g/mol. The number of methoxy groups -OCH3 is 4. The van der Waals surface area contributed by atoms with Crippen molar-refractivity contribution < 1.29 is 55.7 Å². The molecular formula is C89H94F4N16O8. The molecule has 0 aliphatic carbocycles. The molecule has 12 aromatic rings. The molecule has 0 bridgehead atoms. The van der Waals surface area contributed by atoms with Crippen molar-refractivity contribution in [2.24, 2.45) is 0 Å². The lowest BCUT2D eigenvalue weighted by Gasteiger charge is -2.36. The number of amides is 4. The average molecular weight is 1590 g/mol. The molecule has 0 radical (unpaired) electrons. The van der Waals surface area contributed by atoms with Crippen LogP contribution >= 0.6 is 0 Å². The number of carbonyl (C=O) groups is 4. The molecule has 8 heterocycles. The van der Waals surface area contributed by atoms with Gasteiger partial charge in [0.1, 0.15) is 46.0 Å². The third-order valence-corrected chi connectivity index (χ3v) is 20.9. The van der Waals surface area contributed by atoms with Crippen molar-refractivity contribution in [1.29, 1.82) is 0 Å². The quantitative estimate of drug-likeness (QED) is 0.0818. The van der Waals surface area contributed by atoms with E-state index in [0.717, 1.165) is 52.4 Å². The molecule has 4 aromatic heterocycles. The molecule has 606 valence electrons. The van der Waals surface area contributed by atoms with Gasteiger partial charge in [-0.05, 0) is 159 Å². The molecule has 4 aliphatic rings. The van der Waals surface area contributed by atoms with E-state index in [2.05, 4.69) is 185 Å². The highest BCUT2D eigenvalue weighted by molar-refractivity contribution is 5.85. The molecule has 0 saturated carbocycles. The summed E-state index contributed by atoms with van der Waals surface area (Å²) in [4.78, 5) is 103. The molecule has 4 aliphatic heterocycles. The second kappa shape index (κ2) is 37.6. The summed E-state index contributed by atoms with van der Waals surface area (Å²) in [5.74, 6) is -0.463. The molecule has 0 N–H and O–H groups in total. The van der Waals surface area contributed by atoms with Crippen LogP contribution in [0.15, 0.2) is 164 Å². The maximum atomic E-state index is 13.6. The zero-order valence-electron chi connectivity index (χ0n) is 67.2. The molecule has 24 nitrogen and oxygen atoms in total. The number of fused-ring (bicyclic) bond motifs is 4. The van der Waals surface area contributed by atoms with Crippen LogP contribution in [0.2, 0.25) is 0 Å². The zero-order chi connectivity index (χ0) is 82.4. The van der Waals surface area contributed by atoms with Gasteiger partial charge in [0.25, 0.3) is 0 Å². The lowest BCUT2D eigenvalue weighted by molar-refractivity contribution is -0.131. The summed E-state index contributed by atoms with van der Waals surface area (Å²) < 4.78 is 75.4. The fourth-order valence-corrected chi connectivity index (χ4v) is 14.8. The first-order valence-corrected chi connectivity index (χ1v) is 38.9. The fraction of sp³-hybridized carbons (Fsp3) is 0.326. The SMILES string of the molecule is COc1nc2ccc(F)cc2nc1CC(=O)N1CCN(c2cc(C)cc(C)c2)CC1.COc1nc2ccc(F)cc2nc1CC(=O)N1CCN(c2cccc(C)c2)CC1.COc1nc2ccc(F)cc2nc1CC(=O)N1CCN(c2cccc(C)c2)CC1.COc1nc2ccc(F)cc2nc1CC(=O)N1CCN(c2cccc(C)c2)CC1. The molecule has 28 heteroatoms. The van der Waals surface area contributed by atoms with E-state index < -0.39 is 0 Å². The van der Waals surface area contributed by atoms with E-state index in [1.54, 1.807) is 24.3 Å². The third kappa shape index (κ3) is 20.8. The largest absolute Gasteiger partial charge is 0.480 e. The Balaban J connectivity index is 0.000000135. The van der Waals surface area contributed by atoms with E-state index in [1.165, 1.54) is 128 Å². The number of aromatic nitrogens is 8. The Kier molecular flexibility index (Phi) is 26.4. The maximum Gasteiger partial charge on any atom is 0.236 e. The van der Waals surface area contributed by atoms with Crippen molar-refractivity contribution in [1.82, 2.24) is 59.5 Å². The minimum absolute atomic E-state index is 0.0292. The number of rotatable bonds is 16. The van der Waals surface area contributed by atoms with Gasteiger partial charge in [-0.2, -0.15) is 0 Å². The molecule has 0 atom stereocenters. The highest BCUT2D eigenvalue weighted by Crippen LogP contribution is 2.29. The number of hydrogen-bond acceptors (Lipinski definition) is 20. The van der Waals surface area contributed by atoms with Gasteiger partial charge < -0.3 is 58.1 Å². The lowest BCUT2D eigenvalue weighted by atomic mass is 10.1. The monoisotopic (exact) mass is 1590 g/mol. The Bertz CT molecular complexity index is 5180. The van der Waals surface area contributed by atoms with Gasteiger partial charge in [-0.15, -0.1) is 0 Å².